The number of carbonyl (C=O) groups excluding carboxylic acids is 1. The predicted octanol–water partition coefficient (Wildman–Crippen LogP) is 3.18. The minimum Gasteiger partial charge on any atom is -0.325 e. The summed E-state index contributed by atoms with van der Waals surface area (Å²) in [4.78, 5) is 11.9. The summed E-state index contributed by atoms with van der Waals surface area (Å²) >= 11 is 0. The topological polar surface area (TPSA) is 52.9 Å². The smallest absolute Gasteiger partial charge is 0.234 e. The zero-order valence-corrected chi connectivity index (χ0v) is 11.2. The molecule has 1 aliphatic heterocycles. The monoisotopic (exact) mass is 242 g/mol. The Bertz CT molecular complexity index is 538. The van der Waals surface area contributed by atoms with Gasteiger partial charge in [0.2, 0.25) is 5.91 Å². The first kappa shape index (κ1) is 12.6. The number of hydrogen-bond acceptors (Lipinski definition) is 2. The van der Waals surface area contributed by atoms with Gasteiger partial charge in [0.15, 0.2) is 0 Å². The van der Waals surface area contributed by atoms with Crippen LogP contribution in [0.2, 0.25) is 0 Å². The minimum absolute atomic E-state index is 0.0210. The first-order chi connectivity index (χ1) is 8.37. The van der Waals surface area contributed by atoms with Crippen molar-refractivity contribution >= 4 is 11.6 Å². The lowest BCUT2D eigenvalue weighted by Gasteiger charge is -2.18. The van der Waals surface area contributed by atoms with Crippen molar-refractivity contribution in [2.75, 3.05) is 5.32 Å². The number of hydrogen-bond donors (Lipinski definition) is 1. The van der Waals surface area contributed by atoms with Crippen molar-refractivity contribution < 1.29 is 4.79 Å². The van der Waals surface area contributed by atoms with E-state index in [9.17, 15) is 10.1 Å². The highest BCUT2D eigenvalue weighted by Crippen LogP contribution is 2.39. The number of rotatable bonds is 2. The van der Waals surface area contributed by atoms with E-state index in [2.05, 4.69) is 11.4 Å². The maximum absolute atomic E-state index is 11.9. The summed E-state index contributed by atoms with van der Waals surface area (Å²) in [5.74, 6) is 0.163. The fourth-order valence-electron chi connectivity index (χ4n) is 2.39. The zero-order chi connectivity index (χ0) is 13.5. The molecule has 1 amide bonds. The first-order valence-electron chi connectivity index (χ1n) is 6.23. The second kappa shape index (κ2) is 4.13. The lowest BCUT2D eigenvalue weighted by molar-refractivity contribution is -0.119. The van der Waals surface area contributed by atoms with Gasteiger partial charge in [0.05, 0.1) is 17.4 Å². The van der Waals surface area contributed by atoms with Crippen LogP contribution in [0, 0.1) is 17.2 Å². The molecule has 0 saturated carbocycles. The number of nitrogens with one attached hydrogen (secondary N) is 1. The van der Waals surface area contributed by atoms with Crippen molar-refractivity contribution in [1.29, 1.82) is 5.26 Å². The quantitative estimate of drug-likeness (QED) is 0.866. The van der Waals surface area contributed by atoms with Gasteiger partial charge in [-0.05, 0) is 37.0 Å². The molecule has 18 heavy (non-hydrogen) atoms. The zero-order valence-electron chi connectivity index (χ0n) is 11.2. The van der Waals surface area contributed by atoms with Gasteiger partial charge in [-0.25, -0.2) is 0 Å². The number of benzene rings is 1. The van der Waals surface area contributed by atoms with Gasteiger partial charge in [-0.1, -0.05) is 26.0 Å². The predicted molar refractivity (Wildman–Crippen MR) is 71.3 cm³/mol. The van der Waals surface area contributed by atoms with Gasteiger partial charge in [0.25, 0.3) is 0 Å². The van der Waals surface area contributed by atoms with Crippen LogP contribution in [0.5, 0.6) is 0 Å². The maximum atomic E-state index is 11.9. The molecule has 1 aliphatic rings. The van der Waals surface area contributed by atoms with E-state index in [1.54, 1.807) is 0 Å². The lowest BCUT2D eigenvalue weighted by atomic mass is 9.82. The van der Waals surface area contributed by atoms with Crippen molar-refractivity contribution in [3.8, 4) is 6.07 Å². The molecule has 0 fully saturated rings. The normalized spacial score (nSPS) is 18.1. The van der Waals surface area contributed by atoms with Crippen LogP contribution in [0.1, 0.15) is 44.7 Å². The Kier molecular flexibility index (Phi) is 2.90. The van der Waals surface area contributed by atoms with E-state index >= 15 is 0 Å². The Morgan fingerprint density at radius 3 is 2.56 bits per heavy atom. The molecule has 0 bridgehead atoms. The third-order valence-electron chi connectivity index (χ3n) is 3.70. The Hall–Kier alpha value is -1.82. The largest absolute Gasteiger partial charge is 0.325 e. The molecule has 1 N–H and O–H groups in total. The second-order valence-electron chi connectivity index (χ2n) is 5.73. The Balaban J connectivity index is 2.50. The van der Waals surface area contributed by atoms with Crippen molar-refractivity contribution in [2.24, 2.45) is 5.92 Å². The molecule has 3 heteroatoms. The molecule has 0 radical (unpaired) electrons. The number of carbonyl (C=O) groups is 1. The van der Waals surface area contributed by atoms with Crippen molar-refractivity contribution in [2.45, 2.75) is 39.0 Å². The standard InChI is InChI=1S/C15H18N2O/c1-9(2)11(8-16)10-5-6-13-12(7-10)15(3,4)14(18)17-13/h5-7,9,11H,1-4H3,(H,17,18). The van der Waals surface area contributed by atoms with Crippen LogP contribution in [-0.4, -0.2) is 5.91 Å². The van der Waals surface area contributed by atoms with Gasteiger partial charge in [-0.2, -0.15) is 5.26 Å². The molecule has 2 rings (SSSR count). The SMILES string of the molecule is CC(C)C(C#N)c1ccc2c(c1)C(C)(C)C(=O)N2. The molecule has 94 valence electrons. The summed E-state index contributed by atoms with van der Waals surface area (Å²) in [6.45, 7) is 7.90. The van der Waals surface area contributed by atoms with Crippen molar-refractivity contribution in [3.63, 3.8) is 0 Å². The summed E-state index contributed by atoms with van der Waals surface area (Å²) in [5.41, 5.74) is 2.35. The van der Waals surface area contributed by atoms with Gasteiger partial charge < -0.3 is 5.32 Å². The van der Waals surface area contributed by atoms with E-state index in [-0.39, 0.29) is 17.7 Å². The Morgan fingerprint density at radius 2 is 2.00 bits per heavy atom. The highest BCUT2D eigenvalue weighted by Gasteiger charge is 2.38. The van der Waals surface area contributed by atoms with E-state index in [1.165, 1.54) is 0 Å². The summed E-state index contributed by atoms with van der Waals surface area (Å²) in [5, 5.41) is 12.1. The molecule has 1 unspecified atom stereocenters. The molecule has 1 atom stereocenters. The summed E-state index contributed by atoms with van der Waals surface area (Å²) in [7, 11) is 0. The molecular formula is C15H18N2O. The lowest BCUT2D eigenvalue weighted by Crippen LogP contribution is -2.27. The molecule has 0 saturated heterocycles. The molecule has 3 nitrogen and oxygen atoms in total. The van der Waals surface area contributed by atoms with Gasteiger partial charge in [-0.3, -0.25) is 4.79 Å². The van der Waals surface area contributed by atoms with Crippen molar-refractivity contribution in [1.82, 2.24) is 0 Å². The highest BCUT2D eigenvalue weighted by molar-refractivity contribution is 6.05. The van der Waals surface area contributed by atoms with Gasteiger partial charge in [0.1, 0.15) is 0 Å². The average molecular weight is 242 g/mol. The van der Waals surface area contributed by atoms with Crippen LogP contribution >= 0.6 is 0 Å². The average Bonchev–Trinajstić information content (AvgIpc) is 2.51. The van der Waals surface area contributed by atoms with E-state index < -0.39 is 5.41 Å². The number of fused-ring (bicyclic) bond motifs is 1. The van der Waals surface area contributed by atoms with E-state index in [1.807, 2.05) is 45.9 Å². The molecular weight excluding hydrogens is 224 g/mol. The fourth-order valence-corrected chi connectivity index (χ4v) is 2.39. The molecule has 0 aromatic heterocycles. The van der Waals surface area contributed by atoms with Crippen LogP contribution in [0.3, 0.4) is 0 Å². The first-order valence-corrected chi connectivity index (χ1v) is 6.23. The maximum Gasteiger partial charge on any atom is 0.234 e. The summed E-state index contributed by atoms with van der Waals surface area (Å²) < 4.78 is 0. The molecule has 1 aromatic rings. The fraction of sp³-hybridized carbons (Fsp3) is 0.467. The highest BCUT2D eigenvalue weighted by atomic mass is 16.2. The minimum atomic E-state index is -0.512. The van der Waals surface area contributed by atoms with E-state index in [0.29, 0.717) is 0 Å². The van der Waals surface area contributed by atoms with Gasteiger partial charge in [0, 0.05) is 5.69 Å². The van der Waals surface area contributed by atoms with E-state index in [0.717, 1.165) is 16.8 Å². The molecule has 0 aliphatic carbocycles. The van der Waals surface area contributed by atoms with Gasteiger partial charge >= 0.3 is 0 Å². The van der Waals surface area contributed by atoms with E-state index in [4.69, 9.17) is 0 Å². The molecule has 1 heterocycles. The van der Waals surface area contributed by atoms with Crippen LogP contribution in [-0.2, 0) is 10.2 Å². The van der Waals surface area contributed by atoms with Crippen LogP contribution < -0.4 is 5.32 Å². The number of amides is 1. The third-order valence-corrected chi connectivity index (χ3v) is 3.70. The number of nitrogens with zero attached hydrogens (tertiary/aromatic N) is 1. The molecule has 0 spiro atoms. The van der Waals surface area contributed by atoms with Crippen LogP contribution in [0.25, 0.3) is 0 Å². The van der Waals surface area contributed by atoms with Gasteiger partial charge in [-0.15, -0.1) is 0 Å². The van der Waals surface area contributed by atoms with Crippen LogP contribution in [0.4, 0.5) is 5.69 Å². The summed E-state index contributed by atoms with van der Waals surface area (Å²) in [6, 6.07) is 8.19. The molecule has 1 aromatic carbocycles. The summed E-state index contributed by atoms with van der Waals surface area (Å²) in [6.07, 6.45) is 0. The number of anilines is 1. The second-order valence-corrected chi connectivity index (χ2v) is 5.73. The Labute approximate surface area is 108 Å². The Morgan fingerprint density at radius 1 is 1.33 bits per heavy atom. The number of nitriles is 1. The van der Waals surface area contributed by atoms with Crippen molar-refractivity contribution in [3.05, 3.63) is 29.3 Å². The van der Waals surface area contributed by atoms with Crippen LogP contribution in [0.15, 0.2) is 18.2 Å². The third kappa shape index (κ3) is 1.78.